The highest BCUT2D eigenvalue weighted by Gasteiger charge is 2.56. The Hall–Kier alpha value is -3.78. The van der Waals surface area contributed by atoms with Gasteiger partial charge >= 0.3 is 6.55 Å². The van der Waals surface area contributed by atoms with Gasteiger partial charge in [0.05, 0.1) is 24.8 Å². The van der Waals surface area contributed by atoms with Gasteiger partial charge in [0.25, 0.3) is 5.91 Å². The number of anilines is 1. The second-order valence-corrected chi connectivity index (χ2v) is 15.0. The Morgan fingerprint density at radius 3 is 2.53 bits per heavy atom. The molecule has 240 valence electrons. The lowest BCUT2D eigenvalue weighted by molar-refractivity contribution is -0.117. The van der Waals surface area contributed by atoms with Crippen LogP contribution in [0.4, 0.5) is 14.6 Å². The van der Waals surface area contributed by atoms with Crippen molar-refractivity contribution >= 4 is 38.4 Å². The number of alkyl halides is 2. The molecule has 14 heteroatoms. The fraction of sp³-hybridized carbons (Fsp3) is 0.516. The number of nitrogens with zero attached hydrogens (tertiary/aromatic N) is 6. The first kappa shape index (κ1) is 29.9. The number of fused-ring (bicyclic) bond motifs is 2. The fourth-order valence-corrected chi connectivity index (χ4v) is 8.31. The van der Waals surface area contributed by atoms with Crippen molar-refractivity contribution in [2.75, 3.05) is 24.2 Å². The van der Waals surface area contributed by atoms with Crippen molar-refractivity contribution in [1.29, 1.82) is 0 Å². The van der Waals surface area contributed by atoms with Gasteiger partial charge in [0.2, 0.25) is 10.0 Å². The lowest BCUT2D eigenvalue weighted by Crippen LogP contribution is -2.54. The highest BCUT2D eigenvalue weighted by Crippen LogP contribution is 2.65. The number of aryl methyl sites for hydroxylation is 1. The van der Waals surface area contributed by atoms with Crippen molar-refractivity contribution in [2.45, 2.75) is 71.1 Å². The maximum atomic E-state index is 13.9. The van der Waals surface area contributed by atoms with Crippen LogP contribution in [0.2, 0.25) is 0 Å². The van der Waals surface area contributed by atoms with Crippen LogP contribution in [0.25, 0.3) is 28.1 Å². The highest BCUT2D eigenvalue weighted by atomic mass is 32.2. The number of hydrogen-bond acceptors (Lipinski definition) is 7. The van der Waals surface area contributed by atoms with E-state index in [9.17, 15) is 22.0 Å². The van der Waals surface area contributed by atoms with E-state index in [1.165, 1.54) is 6.07 Å². The molecule has 0 radical (unpaired) electrons. The van der Waals surface area contributed by atoms with Gasteiger partial charge in [-0.05, 0) is 81.5 Å². The Morgan fingerprint density at radius 1 is 1.18 bits per heavy atom. The minimum atomic E-state index is -4.28. The Kier molecular flexibility index (Phi) is 6.89. The van der Waals surface area contributed by atoms with Crippen LogP contribution in [-0.2, 0) is 16.6 Å². The number of hydrogen-bond donors (Lipinski definition) is 1. The van der Waals surface area contributed by atoms with Gasteiger partial charge in [0, 0.05) is 42.2 Å². The fourth-order valence-electron chi connectivity index (χ4n) is 7.57. The van der Waals surface area contributed by atoms with Crippen LogP contribution in [0.1, 0.15) is 55.1 Å². The zero-order chi connectivity index (χ0) is 32.0. The second kappa shape index (κ2) is 10.4. The number of carbonyl (C=O) groups excluding carboxylic acids is 1. The number of halogens is 2. The summed E-state index contributed by atoms with van der Waals surface area (Å²) in [7, 11) is -2.73. The van der Waals surface area contributed by atoms with Crippen molar-refractivity contribution in [3.05, 3.63) is 41.6 Å². The SMILES string of the molecule is COc1cc(C(=O)N2C[C@H](N)CC[C@@H]2C)cc2nc(-c3cc4ccc(N(C(F)F)S(C)(=O)=O)nc4n3CC34CC(C3)C4)c(C)n12. The monoisotopic (exact) mass is 641 g/mol. The molecule has 11 nitrogen and oxygen atoms in total. The Morgan fingerprint density at radius 2 is 1.91 bits per heavy atom. The van der Waals surface area contributed by atoms with Crippen LogP contribution in [0.15, 0.2) is 30.3 Å². The van der Waals surface area contributed by atoms with E-state index in [-0.39, 0.29) is 33.5 Å². The molecule has 2 atom stereocenters. The second-order valence-electron chi connectivity index (χ2n) is 13.2. The number of aromatic nitrogens is 4. The molecule has 4 fully saturated rings. The van der Waals surface area contributed by atoms with Crippen LogP contribution >= 0.6 is 0 Å². The summed E-state index contributed by atoms with van der Waals surface area (Å²) in [5.41, 5.74) is 9.80. The average molecular weight is 642 g/mol. The molecule has 3 saturated carbocycles. The molecule has 0 aromatic carbocycles. The third-order valence-electron chi connectivity index (χ3n) is 9.94. The largest absolute Gasteiger partial charge is 0.482 e. The first-order chi connectivity index (χ1) is 21.3. The number of ether oxygens (including phenoxy) is 1. The van der Waals surface area contributed by atoms with E-state index in [1.807, 2.05) is 28.9 Å². The number of methoxy groups -OCH3 is 1. The van der Waals surface area contributed by atoms with Gasteiger partial charge in [-0.3, -0.25) is 9.20 Å². The molecule has 4 aromatic heterocycles. The molecule has 1 amide bonds. The number of pyridine rings is 2. The molecule has 1 saturated heterocycles. The van der Waals surface area contributed by atoms with Crippen LogP contribution < -0.4 is 14.8 Å². The number of likely N-dealkylation sites (tertiary alicyclic amines) is 1. The molecule has 2 bridgehead atoms. The average Bonchev–Trinajstić information content (AvgIpc) is 3.46. The van der Waals surface area contributed by atoms with Gasteiger partial charge < -0.3 is 19.9 Å². The summed E-state index contributed by atoms with van der Waals surface area (Å²) in [5.74, 6) is 0.688. The number of piperidine rings is 1. The topological polar surface area (TPSA) is 128 Å². The van der Waals surface area contributed by atoms with Gasteiger partial charge in [0.15, 0.2) is 5.88 Å². The van der Waals surface area contributed by atoms with Gasteiger partial charge in [0.1, 0.15) is 22.8 Å². The van der Waals surface area contributed by atoms with Gasteiger partial charge in [-0.25, -0.2) is 18.4 Å². The summed E-state index contributed by atoms with van der Waals surface area (Å²) in [5, 5.41) is 0.678. The van der Waals surface area contributed by atoms with Crippen LogP contribution in [-0.4, -0.2) is 76.7 Å². The van der Waals surface area contributed by atoms with Gasteiger partial charge in [-0.1, -0.05) is 0 Å². The number of rotatable bonds is 8. The predicted molar refractivity (Wildman–Crippen MR) is 166 cm³/mol. The van der Waals surface area contributed by atoms with Crippen LogP contribution in [0.3, 0.4) is 0 Å². The van der Waals surface area contributed by atoms with Crippen molar-refractivity contribution in [1.82, 2.24) is 23.8 Å². The van der Waals surface area contributed by atoms with E-state index in [0.717, 1.165) is 49.7 Å². The van der Waals surface area contributed by atoms with Crippen LogP contribution in [0.5, 0.6) is 5.88 Å². The summed E-state index contributed by atoms with van der Waals surface area (Å²) in [6.45, 7) is 1.74. The number of sulfonamides is 1. The first-order valence-electron chi connectivity index (χ1n) is 15.2. The first-order valence-corrected chi connectivity index (χ1v) is 17.1. The molecule has 4 aliphatic rings. The van der Waals surface area contributed by atoms with E-state index in [0.29, 0.717) is 52.8 Å². The molecule has 8 rings (SSSR count). The smallest absolute Gasteiger partial charge is 0.329 e. The maximum absolute atomic E-state index is 13.9. The lowest BCUT2D eigenvalue weighted by Gasteiger charge is -2.62. The van der Waals surface area contributed by atoms with Crippen LogP contribution in [0, 0.1) is 18.3 Å². The Balaban J connectivity index is 1.37. The molecule has 3 aliphatic carbocycles. The lowest BCUT2D eigenvalue weighted by atomic mass is 9.44. The predicted octanol–water partition coefficient (Wildman–Crippen LogP) is 4.41. The molecule has 1 aliphatic heterocycles. The number of nitrogens with two attached hydrogens (primary N) is 1. The quantitative estimate of drug-likeness (QED) is 0.283. The van der Waals surface area contributed by atoms with E-state index < -0.39 is 16.6 Å². The number of imidazole rings is 1. The zero-order valence-electron chi connectivity index (χ0n) is 25.7. The van der Waals surface area contributed by atoms with Gasteiger partial charge in [-0.2, -0.15) is 13.1 Å². The summed E-state index contributed by atoms with van der Waals surface area (Å²) in [6, 6.07) is 8.29. The molecule has 0 spiro atoms. The number of carbonyl (C=O) groups is 1. The van der Waals surface area contributed by atoms with Crippen molar-refractivity contribution < 1.29 is 26.7 Å². The molecule has 5 heterocycles. The Labute approximate surface area is 260 Å². The normalized spacial score (nSPS) is 24.6. The minimum absolute atomic E-state index is 0.0418. The zero-order valence-corrected chi connectivity index (χ0v) is 26.5. The molecule has 45 heavy (non-hydrogen) atoms. The number of amides is 1. The van der Waals surface area contributed by atoms with E-state index in [4.69, 9.17) is 15.5 Å². The van der Waals surface area contributed by atoms with E-state index in [1.54, 1.807) is 30.2 Å². The van der Waals surface area contributed by atoms with E-state index >= 15 is 0 Å². The molecule has 2 N–H and O–H groups in total. The maximum Gasteiger partial charge on any atom is 0.329 e. The third-order valence-corrected chi connectivity index (χ3v) is 11.0. The Bertz CT molecular complexity index is 1940. The van der Waals surface area contributed by atoms with Gasteiger partial charge in [-0.15, -0.1) is 0 Å². The highest BCUT2D eigenvalue weighted by molar-refractivity contribution is 7.92. The molecular formula is C31H37F2N7O4S. The summed E-state index contributed by atoms with van der Waals surface area (Å²) >= 11 is 0. The summed E-state index contributed by atoms with van der Waals surface area (Å²) < 4.78 is 62.0. The van der Waals surface area contributed by atoms with Crippen molar-refractivity contribution in [3.63, 3.8) is 0 Å². The molecular weight excluding hydrogens is 604 g/mol. The van der Waals surface area contributed by atoms with Crippen molar-refractivity contribution in [3.8, 4) is 17.3 Å². The van der Waals surface area contributed by atoms with E-state index in [2.05, 4.69) is 4.98 Å². The summed E-state index contributed by atoms with van der Waals surface area (Å²) in [4.78, 5) is 25.0. The summed E-state index contributed by atoms with van der Waals surface area (Å²) in [6.07, 6.45) is 5.70. The molecule has 0 unspecified atom stereocenters. The minimum Gasteiger partial charge on any atom is -0.482 e. The standard InChI is InChI=1S/C31H37F2N7O4S/c1-17-5-7-22(34)15-37(17)29(41)21-10-25-35-27(18(2)39(25)26(11-21)44-3)23-9-20-6-8-24(40(30(32)33)45(4,42)43)36-28(20)38(23)16-31-12-19(13-31)14-31/h6,8-11,17,19,22,30H,5,7,12-16,34H2,1-4H3/t17-,19?,22+,31?/m0/s1. The third kappa shape index (κ3) is 4.84. The van der Waals surface area contributed by atoms with Crippen molar-refractivity contribution in [2.24, 2.45) is 17.1 Å². The molecule has 4 aromatic rings.